The number of halogens is 5. The third kappa shape index (κ3) is 5.07. The minimum atomic E-state index is -4.64. The number of carbonyl (C=O) groups excluding carboxylic acids is 1. The second kappa shape index (κ2) is 9.94. The fourth-order valence-electron chi connectivity index (χ4n) is 5.40. The van der Waals surface area contributed by atoms with Gasteiger partial charge in [-0.15, -0.1) is 0 Å². The Morgan fingerprint density at radius 3 is 2.53 bits per heavy atom. The van der Waals surface area contributed by atoms with Gasteiger partial charge in [0.05, 0.1) is 0 Å². The second-order valence-electron chi connectivity index (χ2n) is 9.99. The number of likely N-dealkylation sites (tertiary alicyclic amines) is 1. The number of pyridine rings is 1. The number of rotatable bonds is 4. The maximum absolute atomic E-state index is 13.9. The number of benzene rings is 2. The molecule has 3 aromatic rings. The highest BCUT2D eigenvalue weighted by Gasteiger charge is 2.46. The van der Waals surface area contributed by atoms with Gasteiger partial charge in [-0.25, -0.2) is 8.78 Å². The van der Waals surface area contributed by atoms with Crippen molar-refractivity contribution in [2.75, 3.05) is 31.1 Å². The molecule has 9 heteroatoms. The molecule has 0 saturated carbocycles. The van der Waals surface area contributed by atoms with Crippen molar-refractivity contribution < 1.29 is 26.7 Å². The quantitative estimate of drug-likeness (QED) is 0.369. The van der Waals surface area contributed by atoms with Gasteiger partial charge in [0.15, 0.2) is 0 Å². The van der Waals surface area contributed by atoms with Crippen LogP contribution in [0.2, 0.25) is 0 Å². The van der Waals surface area contributed by atoms with E-state index in [4.69, 9.17) is 0 Å². The maximum atomic E-state index is 13.9. The second-order valence-corrected chi connectivity index (χ2v) is 9.99. The lowest BCUT2D eigenvalue weighted by molar-refractivity contribution is -0.141. The molecule has 5 rings (SSSR count). The number of piperidine rings is 1. The molecular formula is C29H26F5N3O. The van der Waals surface area contributed by atoms with Crippen LogP contribution in [0.1, 0.15) is 45.6 Å². The van der Waals surface area contributed by atoms with Crippen LogP contribution in [-0.2, 0) is 11.6 Å². The largest absolute Gasteiger partial charge is 0.433 e. The molecular weight excluding hydrogens is 501 g/mol. The number of hydrogen-bond donors (Lipinski definition) is 0. The van der Waals surface area contributed by atoms with Gasteiger partial charge in [0, 0.05) is 47.6 Å². The molecule has 1 aromatic heterocycles. The summed E-state index contributed by atoms with van der Waals surface area (Å²) in [5.74, 6) is -1.71. The van der Waals surface area contributed by atoms with Crippen LogP contribution in [0.3, 0.4) is 0 Å². The summed E-state index contributed by atoms with van der Waals surface area (Å²) < 4.78 is 66.6. The van der Waals surface area contributed by atoms with Crippen molar-refractivity contribution >= 4 is 17.7 Å². The van der Waals surface area contributed by atoms with Crippen LogP contribution < -0.4 is 4.90 Å². The maximum Gasteiger partial charge on any atom is 0.433 e. The molecule has 4 nitrogen and oxygen atoms in total. The number of carbonyl (C=O) groups is 1. The van der Waals surface area contributed by atoms with Crippen molar-refractivity contribution in [3.8, 4) is 0 Å². The zero-order valence-corrected chi connectivity index (χ0v) is 20.7. The van der Waals surface area contributed by atoms with E-state index in [-0.39, 0.29) is 11.0 Å². The number of hydrogen-bond acceptors (Lipinski definition) is 3. The first-order valence-electron chi connectivity index (χ1n) is 12.4. The van der Waals surface area contributed by atoms with Crippen molar-refractivity contribution in [1.29, 1.82) is 0 Å². The zero-order chi connectivity index (χ0) is 27.1. The minimum absolute atomic E-state index is 0.0495. The lowest BCUT2D eigenvalue weighted by Crippen LogP contribution is -2.46. The van der Waals surface area contributed by atoms with E-state index in [1.54, 1.807) is 11.0 Å². The first-order chi connectivity index (χ1) is 18.1. The molecule has 2 aliphatic rings. The molecule has 0 aliphatic carbocycles. The number of nitrogens with zero attached hydrogens (tertiary/aromatic N) is 3. The summed E-state index contributed by atoms with van der Waals surface area (Å²) in [6.45, 7) is 4.43. The summed E-state index contributed by atoms with van der Waals surface area (Å²) in [6, 6.07) is 11.4. The standard InChI is InChI=1S/C29H26F5N3O/c1-19-4-7-25-23(15-19)28(18-37(25)27(38)21-8-11-35-26(16-21)29(32,33)34)9-13-36(14-10-28)12-2-3-20-5-6-22(30)17-24(20)31/h2-8,11,15-17H,9-10,12-14,18H2,1H3/b3-2+. The van der Waals surface area contributed by atoms with Gasteiger partial charge >= 0.3 is 6.18 Å². The summed E-state index contributed by atoms with van der Waals surface area (Å²) in [5, 5.41) is 0. The lowest BCUT2D eigenvalue weighted by Gasteiger charge is -2.39. The van der Waals surface area contributed by atoms with Crippen LogP contribution in [0.4, 0.5) is 27.6 Å². The van der Waals surface area contributed by atoms with Gasteiger partial charge in [0.25, 0.3) is 5.91 Å². The molecule has 0 N–H and O–H groups in total. The van der Waals surface area contributed by atoms with Gasteiger partial charge in [0.2, 0.25) is 0 Å². The molecule has 0 atom stereocenters. The van der Waals surface area contributed by atoms with Gasteiger partial charge in [-0.05, 0) is 68.8 Å². The van der Waals surface area contributed by atoms with Crippen LogP contribution in [-0.4, -0.2) is 42.0 Å². The highest BCUT2D eigenvalue weighted by atomic mass is 19.4. The van der Waals surface area contributed by atoms with Gasteiger partial charge < -0.3 is 4.90 Å². The molecule has 1 saturated heterocycles. The molecule has 0 radical (unpaired) electrons. The lowest BCUT2D eigenvalue weighted by atomic mass is 9.74. The molecule has 1 fully saturated rings. The van der Waals surface area contributed by atoms with E-state index in [0.29, 0.717) is 18.7 Å². The van der Waals surface area contributed by atoms with Gasteiger partial charge in [-0.1, -0.05) is 29.8 Å². The molecule has 198 valence electrons. The smallest absolute Gasteiger partial charge is 0.307 e. The number of fused-ring (bicyclic) bond motifs is 2. The fraction of sp³-hybridized carbons (Fsp3) is 0.310. The summed E-state index contributed by atoms with van der Waals surface area (Å²) >= 11 is 0. The first-order valence-corrected chi connectivity index (χ1v) is 12.4. The first kappa shape index (κ1) is 26.0. The number of aryl methyl sites for hydroxylation is 1. The summed E-state index contributed by atoms with van der Waals surface area (Å²) in [7, 11) is 0. The van der Waals surface area contributed by atoms with E-state index < -0.39 is 29.4 Å². The SMILES string of the molecule is Cc1ccc2c(c1)C1(CCN(C/C=C/c3ccc(F)cc3F)CC1)CN2C(=O)c1ccnc(C(F)(F)F)c1. The number of alkyl halides is 3. The number of amides is 1. The van der Waals surface area contributed by atoms with E-state index in [9.17, 15) is 26.7 Å². The molecule has 38 heavy (non-hydrogen) atoms. The molecule has 1 amide bonds. The minimum Gasteiger partial charge on any atom is -0.307 e. The van der Waals surface area contributed by atoms with E-state index in [0.717, 1.165) is 61.1 Å². The third-order valence-electron chi connectivity index (χ3n) is 7.45. The molecule has 2 aliphatic heterocycles. The van der Waals surface area contributed by atoms with E-state index in [2.05, 4.69) is 16.0 Å². The Labute approximate surface area is 217 Å². The Bertz CT molecular complexity index is 1390. The summed E-state index contributed by atoms with van der Waals surface area (Å²) in [4.78, 5) is 20.6. The van der Waals surface area contributed by atoms with Gasteiger partial charge in [0.1, 0.15) is 17.3 Å². The average molecular weight is 528 g/mol. The molecule has 1 spiro atoms. The normalized spacial score (nSPS) is 17.4. The third-order valence-corrected chi connectivity index (χ3v) is 7.45. The van der Waals surface area contributed by atoms with E-state index in [1.807, 2.05) is 25.1 Å². The van der Waals surface area contributed by atoms with Crippen LogP contribution in [0.25, 0.3) is 6.08 Å². The molecule has 0 unspecified atom stereocenters. The van der Waals surface area contributed by atoms with Gasteiger partial charge in [-0.2, -0.15) is 13.2 Å². The van der Waals surface area contributed by atoms with Crippen molar-refractivity contribution in [3.63, 3.8) is 0 Å². The van der Waals surface area contributed by atoms with Crippen LogP contribution in [0.15, 0.2) is 60.8 Å². The number of aromatic nitrogens is 1. The Hall–Kier alpha value is -3.59. The zero-order valence-electron chi connectivity index (χ0n) is 20.7. The van der Waals surface area contributed by atoms with Crippen LogP contribution in [0.5, 0.6) is 0 Å². The van der Waals surface area contributed by atoms with E-state index in [1.165, 1.54) is 18.2 Å². The van der Waals surface area contributed by atoms with Gasteiger partial charge in [-0.3, -0.25) is 14.7 Å². The Kier molecular flexibility index (Phi) is 6.81. The number of anilines is 1. The van der Waals surface area contributed by atoms with Crippen molar-refractivity contribution in [2.45, 2.75) is 31.4 Å². The molecule has 2 aromatic carbocycles. The predicted octanol–water partition coefficient (Wildman–Crippen LogP) is 6.39. The predicted molar refractivity (Wildman–Crippen MR) is 135 cm³/mol. The highest BCUT2D eigenvalue weighted by Crippen LogP contribution is 2.48. The topological polar surface area (TPSA) is 36.4 Å². The Balaban J connectivity index is 1.33. The molecule has 3 heterocycles. The Morgan fingerprint density at radius 1 is 1.05 bits per heavy atom. The van der Waals surface area contributed by atoms with E-state index >= 15 is 0 Å². The van der Waals surface area contributed by atoms with Crippen molar-refractivity contribution in [3.05, 3.63) is 100 Å². The van der Waals surface area contributed by atoms with Crippen LogP contribution >= 0.6 is 0 Å². The summed E-state index contributed by atoms with van der Waals surface area (Å²) in [6.07, 6.45) is 1.38. The fourth-order valence-corrected chi connectivity index (χ4v) is 5.40. The van der Waals surface area contributed by atoms with Crippen LogP contribution in [0, 0.1) is 18.6 Å². The molecule has 0 bridgehead atoms. The monoisotopic (exact) mass is 527 g/mol. The van der Waals surface area contributed by atoms with Crippen molar-refractivity contribution in [2.24, 2.45) is 0 Å². The highest BCUT2D eigenvalue weighted by molar-refractivity contribution is 6.07. The average Bonchev–Trinajstić information content (AvgIpc) is 3.18. The summed E-state index contributed by atoms with van der Waals surface area (Å²) in [5.41, 5.74) is 1.69. The van der Waals surface area contributed by atoms with Crippen molar-refractivity contribution in [1.82, 2.24) is 9.88 Å². The Morgan fingerprint density at radius 2 is 1.82 bits per heavy atom.